The van der Waals surface area contributed by atoms with Crippen LogP contribution in [0, 0.1) is 5.82 Å². The molecule has 0 amide bonds. The number of anilines is 1. The first-order chi connectivity index (χ1) is 9.13. The third-order valence-electron chi connectivity index (χ3n) is 3.00. The SMILES string of the molecule is Nc1ccc2cnn(Cc3cc(F)ccc3Cl)c2c1. The second-order valence-corrected chi connectivity index (χ2v) is 4.76. The number of hydrogen-bond acceptors (Lipinski definition) is 2. The van der Waals surface area contributed by atoms with Crippen LogP contribution in [-0.2, 0) is 6.54 Å². The fourth-order valence-corrected chi connectivity index (χ4v) is 2.22. The predicted octanol–water partition coefficient (Wildman–Crippen LogP) is 3.46. The number of hydrogen-bond donors (Lipinski definition) is 1. The molecule has 0 radical (unpaired) electrons. The van der Waals surface area contributed by atoms with Gasteiger partial charge in [0.1, 0.15) is 5.82 Å². The minimum absolute atomic E-state index is 0.310. The molecule has 0 aliphatic heterocycles. The molecule has 3 rings (SSSR count). The molecule has 0 fully saturated rings. The van der Waals surface area contributed by atoms with E-state index in [9.17, 15) is 4.39 Å². The van der Waals surface area contributed by atoms with Crippen LogP contribution in [0.25, 0.3) is 10.9 Å². The highest BCUT2D eigenvalue weighted by atomic mass is 35.5. The summed E-state index contributed by atoms with van der Waals surface area (Å²) >= 11 is 6.06. The van der Waals surface area contributed by atoms with Gasteiger partial charge in [0.2, 0.25) is 0 Å². The van der Waals surface area contributed by atoms with Crippen LogP contribution in [0.2, 0.25) is 5.02 Å². The number of fused-ring (bicyclic) bond motifs is 1. The standard InChI is InChI=1S/C14H11ClFN3/c15-13-4-2-11(16)5-10(13)8-19-14-6-12(17)3-1-9(14)7-18-19/h1-7H,8,17H2. The highest BCUT2D eigenvalue weighted by Crippen LogP contribution is 2.22. The third-order valence-corrected chi connectivity index (χ3v) is 3.37. The first-order valence-corrected chi connectivity index (χ1v) is 6.16. The molecule has 0 unspecified atom stereocenters. The molecule has 1 aromatic heterocycles. The number of halogens is 2. The molecule has 2 N–H and O–H groups in total. The van der Waals surface area contributed by atoms with E-state index in [0.29, 0.717) is 22.8 Å². The fourth-order valence-electron chi connectivity index (χ4n) is 2.04. The molecule has 96 valence electrons. The molecule has 19 heavy (non-hydrogen) atoms. The lowest BCUT2D eigenvalue weighted by atomic mass is 10.2. The zero-order valence-electron chi connectivity index (χ0n) is 9.98. The highest BCUT2D eigenvalue weighted by molar-refractivity contribution is 6.31. The largest absolute Gasteiger partial charge is 0.399 e. The number of nitrogens with two attached hydrogens (primary N) is 1. The minimum Gasteiger partial charge on any atom is -0.399 e. The normalized spacial score (nSPS) is 11.1. The van der Waals surface area contributed by atoms with Crippen LogP contribution in [0.5, 0.6) is 0 Å². The van der Waals surface area contributed by atoms with Gasteiger partial charge in [0.15, 0.2) is 0 Å². The van der Waals surface area contributed by atoms with Crippen LogP contribution in [0.3, 0.4) is 0 Å². The van der Waals surface area contributed by atoms with E-state index >= 15 is 0 Å². The summed E-state index contributed by atoms with van der Waals surface area (Å²) in [7, 11) is 0. The van der Waals surface area contributed by atoms with Gasteiger partial charge in [-0.05, 0) is 42.0 Å². The third kappa shape index (κ3) is 2.27. The Morgan fingerprint density at radius 1 is 1.21 bits per heavy atom. The van der Waals surface area contributed by atoms with Gasteiger partial charge in [-0.15, -0.1) is 0 Å². The highest BCUT2D eigenvalue weighted by Gasteiger charge is 2.07. The van der Waals surface area contributed by atoms with Crippen LogP contribution >= 0.6 is 11.6 Å². The summed E-state index contributed by atoms with van der Waals surface area (Å²) in [4.78, 5) is 0. The van der Waals surface area contributed by atoms with Gasteiger partial charge in [-0.3, -0.25) is 4.68 Å². The van der Waals surface area contributed by atoms with Gasteiger partial charge in [-0.2, -0.15) is 5.10 Å². The number of benzene rings is 2. The van der Waals surface area contributed by atoms with Crippen LogP contribution in [0.15, 0.2) is 42.6 Å². The lowest BCUT2D eigenvalue weighted by Gasteiger charge is -2.06. The maximum atomic E-state index is 13.2. The monoisotopic (exact) mass is 275 g/mol. The zero-order valence-corrected chi connectivity index (χ0v) is 10.7. The van der Waals surface area contributed by atoms with Crippen LogP contribution in [0.4, 0.5) is 10.1 Å². The van der Waals surface area contributed by atoms with Crippen molar-refractivity contribution in [2.75, 3.05) is 5.73 Å². The molecule has 3 aromatic rings. The Morgan fingerprint density at radius 3 is 2.89 bits per heavy atom. The summed E-state index contributed by atoms with van der Waals surface area (Å²) in [6, 6.07) is 9.87. The summed E-state index contributed by atoms with van der Waals surface area (Å²) in [5.74, 6) is -0.310. The molecule has 0 atom stereocenters. The average molecular weight is 276 g/mol. The number of nitrogens with zero attached hydrogens (tertiary/aromatic N) is 2. The molecule has 0 spiro atoms. The summed E-state index contributed by atoms with van der Waals surface area (Å²) in [5, 5.41) is 5.79. The van der Waals surface area contributed by atoms with Crippen molar-refractivity contribution in [2.45, 2.75) is 6.54 Å². The van der Waals surface area contributed by atoms with Crippen molar-refractivity contribution < 1.29 is 4.39 Å². The molecule has 1 heterocycles. The molecule has 0 bridgehead atoms. The van der Waals surface area contributed by atoms with Crippen molar-refractivity contribution in [3.05, 3.63) is 59.0 Å². The molecular formula is C14H11ClFN3. The number of nitrogen functional groups attached to an aromatic ring is 1. The topological polar surface area (TPSA) is 43.8 Å². The average Bonchev–Trinajstić information content (AvgIpc) is 2.77. The first-order valence-electron chi connectivity index (χ1n) is 5.78. The van der Waals surface area contributed by atoms with Crippen molar-refractivity contribution in [3.63, 3.8) is 0 Å². The van der Waals surface area contributed by atoms with Crippen LogP contribution in [0.1, 0.15) is 5.56 Å². The van der Waals surface area contributed by atoms with Crippen LogP contribution < -0.4 is 5.73 Å². The van der Waals surface area contributed by atoms with Gasteiger partial charge < -0.3 is 5.73 Å². The van der Waals surface area contributed by atoms with Crippen molar-refractivity contribution in [3.8, 4) is 0 Å². The van der Waals surface area contributed by atoms with E-state index in [4.69, 9.17) is 17.3 Å². The Labute approximate surface area is 114 Å². The van der Waals surface area contributed by atoms with Crippen molar-refractivity contribution in [1.29, 1.82) is 0 Å². The van der Waals surface area contributed by atoms with Gasteiger partial charge in [0.25, 0.3) is 0 Å². The second-order valence-electron chi connectivity index (χ2n) is 4.36. The summed E-state index contributed by atoms with van der Waals surface area (Å²) in [6.07, 6.45) is 1.75. The molecule has 0 saturated heterocycles. The molecule has 2 aromatic carbocycles. The summed E-state index contributed by atoms with van der Waals surface area (Å²) in [5.41, 5.74) is 8.03. The Balaban J connectivity index is 2.05. The molecule has 0 aliphatic rings. The number of aromatic nitrogens is 2. The molecule has 3 nitrogen and oxygen atoms in total. The molecule has 0 saturated carbocycles. The van der Waals surface area contributed by atoms with Crippen LogP contribution in [-0.4, -0.2) is 9.78 Å². The van der Waals surface area contributed by atoms with E-state index < -0.39 is 0 Å². The van der Waals surface area contributed by atoms with Gasteiger partial charge in [0.05, 0.1) is 18.3 Å². The Kier molecular flexibility index (Phi) is 2.87. The van der Waals surface area contributed by atoms with Gasteiger partial charge >= 0.3 is 0 Å². The summed E-state index contributed by atoms with van der Waals surface area (Å²) < 4.78 is 15.0. The van der Waals surface area contributed by atoms with E-state index in [1.165, 1.54) is 12.1 Å². The first kappa shape index (κ1) is 12.0. The van der Waals surface area contributed by atoms with Crippen molar-refractivity contribution in [2.24, 2.45) is 0 Å². The van der Waals surface area contributed by atoms with E-state index in [1.54, 1.807) is 16.9 Å². The van der Waals surface area contributed by atoms with Gasteiger partial charge in [-0.1, -0.05) is 11.6 Å². The fraction of sp³-hybridized carbons (Fsp3) is 0.0714. The smallest absolute Gasteiger partial charge is 0.123 e. The minimum atomic E-state index is -0.310. The van der Waals surface area contributed by atoms with E-state index in [1.807, 2.05) is 18.2 Å². The van der Waals surface area contributed by atoms with Gasteiger partial charge in [-0.25, -0.2) is 4.39 Å². The Bertz CT molecular complexity index is 752. The summed E-state index contributed by atoms with van der Waals surface area (Å²) in [6.45, 7) is 0.406. The van der Waals surface area contributed by atoms with E-state index in [2.05, 4.69) is 5.10 Å². The lowest BCUT2D eigenvalue weighted by Crippen LogP contribution is -2.02. The maximum absolute atomic E-state index is 13.2. The van der Waals surface area contributed by atoms with Crippen molar-refractivity contribution in [1.82, 2.24) is 9.78 Å². The quantitative estimate of drug-likeness (QED) is 0.728. The van der Waals surface area contributed by atoms with E-state index in [0.717, 1.165) is 10.9 Å². The van der Waals surface area contributed by atoms with Gasteiger partial charge in [0, 0.05) is 16.1 Å². The molecule has 0 aliphatic carbocycles. The molecule has 5 heteroatoms. The second kappa shape index (κ2) is 4.55. The zero-order chi connectivity index (χ0) is 13.4. The van der Waals surface area contributed by atoms with Crippen molar-refractivity contribution >= 4 is 28.2 Å². The maximum Gasteiger partial charge on any atom is 0.123 e. The lowest BCUT2D eigenvalue weighted by molar-refractivity contribution is 0.621. The predicted molar refractivity (Wildman–Crippen MR) is 74.7 cm³/mol. The number of rotatable bonds is 2. The van der Waals surface area contributed by atoms with E-state index in [-0.39, 0.29) is 5.82 Å². The molecular weight excluding hydrogens is 265 g/mol. The Hall–Kier alpha value is -2.07. The Morgan fingerprint density at radius 2 is 2.05 bits per heavy atom.